The number of carbonyl (C=O) groups excluding carboxylic acids is 2. The van der Waals surface area contributed by atoms with Gasteiger partial charge in [-0.3, -0.25) is 9.59 Å². The fourth-order valence-corrected chi connectivity index (χ4v) is 1.81. The van der Waals surface area contributed by atoms with Gasteiger partial charge < -0.3 is 11.1 Å². The molecule has 0 rings (SSSR count). The van der Waals surface area contributed by atoms with Gasteiger partial charge in [0.2, 0.25) is 11.8 Å². The summed E-state index contributed by atoms with van der Waals surface area (Å²) in [6.45, 7) is 2.94. The van der Waals surface area contributed by atoms with E-state index in [9.17, 15) is 9.59 Å². The van der Waals surface area contributed by atoms with Gasteiger partial charge in [0.25, 0.3) is 0 Å². The molecule has 0 bridgehead atoms. The third-order valence-corrected chi connectivity index (χ3v) is 2.95. The fourth-order valence-electron chi connectivity index (χ4n) is 1.81. The van der Waals surface area contributed by atoms with E-state index >= 15 is 0 Å². The van der Waals surface area contributed by atoms with E-state index in [0.717, 1.165) is 6.42 Å². The van der Waals surface area contributed by atoms with Crippen molar-refractivity contribution >= 4 is 11.8 Å². The summed E-state index contributed by atoms with van der Waals surface area (Å²) in [5, 5.41) is 2.80. The van der Waals surface area contributed by atoms with Crippen LogP contribution >= 0.6 is 0 Å². The summed E-state index contributed by atoms with van der Waals surface area (Å²) in [6, 6.07) is 0. The van der Waals surface area contributed by atoms with Crippen molar-refractivity contribution in [3.05, 3.63) is 0 Å². The number of nitrogens with one attached hydrogen (secondary N) is 1. The highest BCUT2D eigenvalue weighted by Gasteiger charge is 2.02. The van der Waals surface area contributed by atoms with Crippen molar-refractivity contribution in [2.45, 2.75) is 71.1 Å². The van der Waals surface area contributed by atoms with Gasteiger partial charge in [0.15, 0.2) is 0 Å². The first-order valence-corrected chi connectivity index (χ1v) is 7.21. The molecule has 0 aliphatic carbocycles. The smallest absolute Gasteiger partial charge is 0.220 e. The normalized spacial score (nSPS) is 10.3. The predicted octanol–water partition coefficient (Wildman–Crippen LogP) is 2.51. The number of hydrogen-bond acceptors (Lipinski definition) is 2. The molecule has 0 aliphatic heterocycles. The van der Waals surface area contributed by atoms with E-state index in [1.165, 1.54) is 44.9 Å². The molecule has 0 fully saturated rings. The maximum absolute atomic E-state index is 11.2. The van der Waals surface area contributed by atoms with Crippen LogP contribution in [-0.2, 0) is 9.59 Å². The zero-order chi connectivity index (χ0) is 13.6. The van der Waals surface area contributed by atoms with E-state index < -0.39 is 5.91 Å². The maximum atomic E-state index is 11.2. The van der Waals surface area contributed by atoms with Crippen LogP contribution in [0.5, 0.6) is 0 Å². The number of unbranched alkanes of at least 4 members (excludes halogenated alkanes) is 7. The lowest BCUT2D eigenvalue weighted by Gasteiger charge is -2.04. The Hall–Kier alpha value is -1.06. The van der Waals surface area contributed by atoms with Crippen molar-refractivity contribution in [1.29, 1.82) is 0 Å². The quantitative estimate of drug-likeness (QED) is 0.527. The molecule has 3 N–H and O–H groups in total. The predicted molar refractivity (Wildman–Crippen MR) is 74.0 cm³/mol. The summed E-state index contributed by atoms with van der Waals surface area (Å²) in [7, 11) is 0. The van der Waals surface area contributed by atoms with E-state index in [0.29, 0.717) is 6.54 Å². The topological polar surface area (TPSA) is 72.2 Å². The van der Waals surface area contributed by atoms with Crippen LogP contribution in [0.2, 0.25) is 0 Å². The summed E-state index contributed by atoms with van der Waals surface area (Å²) in [5.41, 5.74) is 4.97. The van der Waals surface area contributed by atoms with Crippen LogP contribution in [0, 0.1) is 0 Å². The van der Waals surface area contributed by atoms with Gasteiger partial charge in [0.1, 0.15) is 0 Å². The molecule has 4 heteroatoms. The SMILES string of the molecule is CCCCCCCCCCNC(=O)CCC(N)=O. The van der Waals surface area contributed by atoms with Crippen LogP contribution in [0.1, 0.15) is 71.1 Å². The Labute approximate surface area is 111 Å². The first-order valence-electron chi connectivity index (χ1n) is 7.21. The molecule has 0 heterocycles. The summed E-state index contributed by atoms with van der Waals surface area (Å²) in [4.78, 5) is 21.7. The molecule has 4 nitrogen and oxygen atoms in total. The van der Waals surface area contributed by atoms with Crippen molar-refractivity contribution < 1.29 is 9.59 Å². The van der Waals surface area contributed by atoms with E-state index in [-0.39, 0.29) is 18.7 Å². The molecule has 2 amide bonds. The van der Waals surface area contributed by atoms with Crippen LogP contribution in [-0.4, -0.2) is 18.4 Å². The van der Waals surface area contributed by atoms with Gasteiger partial charge in [-0.25, -0.2) is 0 Å². The third-order valence-electron chi connectivity index (χ3n) is 2.95. The summed E-state index contributed by atoms with van der Waals surface area (Å²) >= 11 is 0. The van der Waals surface area contributed by atoms with Crippen molar-refractivity contribution in [2.75, 3.05) is 6.54 Å². The summed E-state index contributed by atoms with van der Waals surface area (Å²) in [6.07, 6.45) is 10.4. The van der Waals surface area contributed by atoms with Crippen molar-refractivity contribution in [3.8, 4) is 0 Å². The molecule has 0 radical (unpaired) electrons. The molecule has 0 aromatic rings. The number of rotatable bonds is 12. The molecule has 0 unspecified atom stereocenters. The highest BCUT2D eigenvalue weighted by atomic mass is 16.2. The van der Waals surface area contributed by atoms with Gasteiger partial charge in [0.05, 0.1) is 0 Å². The van der Waals surface area contributed by atoms with Crippen molar-refractivity contribution in [3.63, 3.8) is 0 Å². The molecule has 0 aliphatic rings. The van der Waals surface area contributed by atoms with Crippen LogP contribution < -0.4 is 11.1 Å². The Kier molecular flexibility index (Phi) is 11.7. The number of carbonyl (C=O) groups is 2. The van der Waals surface area contributed by atoms with E-state index in [4.69, 9.17) is 5.73 Å². The van der Waals surface area contributed by atoms with Gasteiger partial charge >= 0.3 is 0 Å². The molecule has 0 saturated carbocycles. The Morgan fingerprint density at radius 2 is 1.44 bits per heavy atom. The molecule has 106 valence electrons. The molecule has 0 aromatic heterocycles. The second kappa shape index (κ2) is 12.4. The zero-order valence-corrected chi connectivity index (χ0v) is 11.7. The van der Waals surface area contributed by atoms with Crippen LogP contribution in [0.25, 0.3) is 0 Å². The lowest BCUT2D eigenvalue weighted by Crippen LogP contribution is -2.25. The average molecular weight is 256 g/mol. The molecule has 18 heavy (non-hydrogen) atoms. The molecule has 0 saturated heterocycles. The first-order chi connectivity index (χ1) is 8.66. The highest BCUT2D eigenvalue weighted by molar-refractivity contribution is 5.82. The Balaban J connectivity index is 3.15. The lowest BCUT2D eigenvalue weighted by molar-refractivity contribution is -0.125. The Morgan fingerprint density at radius 1 is 0.889 bits per heavy atom. The lowest BCUT2D eigenvalue weighted by atomic mass is 10.1. The number of hydrogen-bond donors (Lipinski definition) is 2. The molecule has 0 spiro atoms. The standard InChI is InChI=1S/C14H28N2O2/c1-2-3-4-5-6-7-8-9-12-16-14(18)11-10-13(15)17/h2-12H2,1H3,(H2,15,17)(H,16,18). The van der Waals surface area contributed by atoms with Crippen LogP contribution in [0.15, 0.2) is 0 Å². The molecule has 0 aromatic carbocycles. The minimum Gasteiger partial charge on any atom is -0.370 e. The summed E-state index contributed by atoms with van der Waals surface area (Å²) in [5.74, 6) is -0.492. The van der Waals surface area contributed by atoms with Gasteiger partial charge in [0, 0.05) is 19.4 Å². The van der Waals surface area contributed by atoms with Gasteiger partial charge in [-0.2, -0.15) is 0 Å². The van der Waals surface area contributed by atoms with Crippen molar-refractivity contribution in [1.82, 2.24) is 5.32 Å². The molecular formula is C14H28N2O2. The largest absolute Gasteiger partial charge is 0.370 e. The fraction of sp³-hybridized carbons (Fsp3) is 0.857. The molecular weight excluding hydrogens is 228 g/mol. The number of primary amides is 1. The van der Waals surface area contributed by atoms with Gasteiger partial charge in [-0.1, -0.05) is 51.9 Å². The monoisotopic (exact) mass is 256 g/mol. The van der Waals surface area contributed by atoms with Crippen molar-refractivity contribution in [2.24, 2.45) is 5.73 Å². The van der Waals surface area contributed by atoms with Gasteiger partial charge in [-0.05, 0) is 6.42 Å². The maximum Gasteiger partial charge on any atom is 0.220 e. The number of nitrogens with two attached hydrogens (primary N) is 1. The minimum absolute atomic E-state index is 0.0725. The van der Waals surface area contributed by atoms with Gasteiger partial charge in [-0.15, -0.1) is 0 Å². The average Bonchev–Trinajstić information content (AvgIpc) is 2.34. The van der Waals surface area contributed by atoms with Crippen LogP contribution in [0.3, 0.4) is 0 Å². The third kappa shape index (κ3) is 13.0. The molecule has 0 atom stereocenters. The Bertz CT molecular complexity index is 230. The first kappa shape index (κ1) is 16.9. The summed E-state index contributed by atoms with van der Waals surface area (Å²) < 4.78 is 0. The zero-order valence-electron chi connectivity index (χ0n) is 11.7. The van der Waals surface area contributed by atoms with Crippen LogP contribution in [0.4, 0.5) is 0 Å². The Morgan fingerprint density at radius 3 is 2.00 bits per heavy atom. The number of amides is 2. The minimum atomic E-state index is -0.419. The van der Waals surface area contributed by atoms with E-state index in [1.54, 1.807) is 0 Å². The second-order valence-corrected chi connectivity index (χ2v) is 4.79. The van der Waals surface area contributed by atoms with E-state index in [1.807, 2.05) is 0 Å². The highest BCUT2D eigenvalue weighted by Crippen LogP contribution is 2.07. The second-order valence-electron chi connectivity index (χ2n) is 4.79. The van der Waals surface area contributed by atoms with E-state index in [2.05, 4.69) is 12.2 Å².